The average Bonchev–Trinajstić information content (AvgIpc) is 2.75. The molecule has 1 aliphatic rings. The Hall–Kier alpha value is -2.06. The second-order valence-corrected chi connectivity index (χ2v) is 5.89. The minimum atomic E-state index is -4.67. The minimum absolute atomic E-state index is 0.118. The summed E-state index contributed by atoms with van der Waals surface area (Å²) in [6.07, 6.45) is -2.35. The van der Waals surface area contributed by atoms with Crippen LogP contribution in [0, 0.1) is 0 Å². The number of nitrogens with zero attached hydrogens (tertiary/aromatic N) is 4. The van der Waals surface area contributed by atoms with Gasteiger partial charge in [0, 0.05) is 26.2 Å². The van der Waals surface area contributed by atoms with Crippen molar-refractivity contribution in [2.24, 2.45) is 7.05 Å². The van der Waals surface area contributed by atoms with Gasteiger partial charge in [0.25, 0.3) is 0 Å². The molecule has 0 unspecified atom stereocenters. The second-order valence-electron chi connectivity index (χ2n) is 5.89. The number of likely N-dealkylation sites (tertiary alicyclic amines) is 1. The van der Waals surface area contributed by atoms with E-state index in [1.165, 1.54) is 6.08 Å². The molecule has 6 nitrogen and oxygen atoms in total. The second kappa shape index (κ2) is 6.21. The molecular formula is C14H19F3N4O2. The van der Waals surface area contributed by atoms with Crippen LogP contribution in [0.4, 0.5) is 13.2 Å². The maximum atomic E-state index is 12.8. The molecule has 1 amide bonds. The maximum Gasteiger partial charge on any atom is 0.451 e. The van der Waals surface area contributed by atoms with Crippen LogP contribution in [0.1, 0.15) is 38.6 Å². The Labute approximate surface area is 131 Å². The van der Waals surface area contributed by atoms with Gasteiger partial charge < -0.3 is 4.90 Å². The Morgan fingerprint density at radius 2 is 1.83 bits per heavy atom. The van der Waals surface area contributed by atoms with Crippen LogP contribution in [-0.4, -0.2) is 38.2 Å². The number of allylic oxidation sites excluding steroid dienone is 1. The fraction of sp³-hybridized carbons (Fsp3) is 0.643. The van der Waals surface area contributed by atoms with Crippen molar-refractivity contribution in [2.45, 2.75) is 38.9 Å². The molecule has 0 bridgehead atoms. The van der Waals surface area contributed by atoms with Crippen molar-refractivity contribution >= 4 is 5.91 Å². The Balaban J connectivity index is 2.14. The van der Waals surface area contributed by atoms with E-state index in [-0.39, 0.29) is 5.91 Å². The van der Waals surface area contributed by atoms with Crippen LogP contribution >= 0.6 is 0 Å². The summed E-state index contributed by atoms with van der Waals surface area (Å²) in [5, 5.41) is 3.45. The van der Waals surface area contributed by atoms with Crippen LogP contribution < -0.4 is 5.69 Å². The van der Waals surface area contributed by atoms with E-state index in [1.807, 2.05) is 13.8 Å². The summed E-state index contributed by atoms with van der Waals surface area (Å²) in [4.78, 5) is 25.5. The predicted molar refractivity (Wildman–Crippen MR) is 76.8 cm³/mol. The number of halogens is 3. The van der Waals surface area contributed by atoms with E-state index >= 15 is 0 Å². The van der Waals surface area contributed by atoms with Gasteiger partial charge in [0.2, 0.25) is 11.7 Å². The largest absolute Gasteiger partial charge is 0.451 e. The van der Waals surface area contributed by atoms with Crippen LogP contribution in [0.3, 0.4) is 0 Å². The fourth-order valence-electron chi connectivity index (χ4n) is 2.61. The molecule has 0 aromatic carbocycles. The number of aromatic nitrogens is 3. The van der Waals surface area contributed by atoms with Crippen LogP contribution in [0.25, 0.3) is 0 Å². The molecule has 1 aromatic heterocycles. The standard InChI is InChI=1S/C14H19F3N4O2/c1-9(2)8-11(22)20-6-4-10(5-7-20)21-13(23)19(3)12(18-21)14(15,16)17/h8,10H,4-7H2,1-3H3. The molecule has 1 saturated heterocycles. The number of hydrogen-bond donors (Lipinski definition) is 0. The topological polar surface area (TPSA) is 60.1 Å². The Bertz CT molecular complexity index is 675. The fourth-order valence-corrected chi connectivity index (χ4v) is 2.61. The first-order chi connectivity index (χ1) is 10.6. The van der Waals surface area contributed by atoms with Crippen molar-refractivity contribution in [3.63, 3.8) is 0 Å². The molecule has 1 aliphatic heterocycles. The molecule has 0 spiro atoms. The van der Waals surface area contributed by atoms with E-state index in [9.17, 15) is 22.8 Å². The maximum absolute atomic E-state index is 12.8. The van der Waals surface area contributed by atoms with Crippen LogP contribution in [-0.2, 0) is 18.0 Å². The van der Waals surface area contributed by atoms with Crippen molar-refractivity contribution in [1.29, 1.82) is 0 Å². The molecule has 1 fully saturated rings. The number of hydrogen-bond acceptors (Lipinski definition) is 3. The van der Waals surface area contributed by atoms with Gasteiger partial charge in [-0.15, -0.1) is 5.10 Å². The van der Waals surface area contributed by atoms with E-state index in [0.717, 1.165) is 17.3 Å². The number of alkyl halides is 3. The zero-order valence-corrected chi connectivity index (χ0v) is 13.2. The lowest BCUT2D eigenvalue weighted by molar-refractivity contribution is -0.147. The smallest absolute Gasteiger partial charge is 0.339 e. The number of carbonyl (C=O) groups is 1. The van der Waals surface area contributed by atoms with E-state index in [1.54, 1.807) is 4.90 Å². The van der Waals surface area contributed by atoms with E-state index in [0.29, 0.717) is 30.5 Å². The highest BCUT2D eigenvalue weighted by atomic mass is 19.4. The highest BCUT2D eigenvalue weighted by Gasteiger charge is 2.39. The molecule has 2 heterocycles. The van der Waals surface area contributed by atoms with Gasteiger partial charge in [-0.05, 0) is 26.7 Å². The van der Waals surface area contributed by atoms with Gasteiger partial charge in [-0.3, -0.25) is 9.36 Å². The zero-order chi connectivity index (χ0) is 17.4. The number of piperidine rings is 1. The number of rotatable bonds is 2. The van der Waals surface area contributed by atoms with Crippen molar-refractivity contribution < 1.29 is 18.0 Å². The Morgan fingerprint density at radius 3 is 2.26 bits per heavy atom. The number of amides is 1. The Morgan fingerprint density at radius 1 is 1.26 bits per heavy atom. The summed E-state index contributed by atoms with van der Waals surface area (Å²) in [6, 6.07) is -0.430. The monoisotopic (exact) mass is 332 g/mol. The molecular weight excluding hydrogens is 313 g/mol. The van der Waals surface area contributed by atoms with Gasteiger partial charge in [-0.1, -0.05) is 5.57 Å². The zero-order valence-electron chi connectivity index (χ0n) is 13.2. The third kappa shape index (κ3) is 3.65. The third-order valence-corrected chi connectivity index (χ3v) is 3.79. The summed E-state index contributed by atoms with van der Waals surface area (Å²) in [6.45, 7) is 4.41. The lowest BCUT2D eigenvalue weighted by Crippen LogP contribution is -2.40. The molecule has 0 atom stereocenters. The van der Waals surface area contributed by atoms with Crippen LogP contribution in [0.15, 0.2) is 16.4 Å². The first-order valence-electron chi connectivity index (χ1n) is 7.27. The van der Waals surface area contributed by atoms with Gasteiger partial charge in [0.15, 0.2) is 0 Å². The van der Waals surface area contributed by atoms with Gasteiger partial charge >= 0.3 is 11.9 Å². The molecule has 0 radical (unpaired) electrons. The van der Waals surface area contributed by atoms with Gasteiger partial charge in [0.1, 0.15) is 0 Å². The van der Waals surface area contributed by atoms with Gasteiger partial charge in [0.05, 0.1) is 6.04 Å². The third-order valence-electron chi connectivity index (χ3n) is 3.79. The van der Waals surface area contributed by atoms with Gasteiger partial charge in [-0.2, -0.15) is 13.2 Å². The summed E-state index contributed by atoms with van der Waals surface area (Å²) >= 11 is 0. The molecule has 9 heteroatoms. The summed E-state index contributed by atoms with van der Waals surface area (Å²) in [5.41, 5.74) is 0.0966. The van der Waals surface area contributed by atoms with Crippen LogP contribution in [0.5, 0.6) is 0 Å². The van der Waals surface area contributed by atoms with Crippen LogP contribution in [0.2, 0.25) is 0 Å². The molecule has 1 aromatic rings. The highest BCUT2D eigenvalue weighted by molar-refractivity contribution is 5.88. The quantitative estimate of drug-likeness (QED) is 0.775. The van der Waals surface area contributed by atoms with Gasteiger partial charge in [-0.25, -0.2) is 9.48 Å². The molecule has 23 heavy (non-hydrogen) atoms. The summed E-state index contributed by atoms with van der Waals surface area (Å²) < 4.78 is 39.8. The van der Waals surface area contributed by atoms with E-state index in [2.05, 4.69) is 5.10 Å². The molecule has 2 rings (SSSR count). The normalized spacial score (nSPS) is 16.5. The minimum Gasteiger partial charge on any atom is -0.339 e. The first-order valence-corrected chi connectivity index (χ1v) is 7.27. The lowest BCUT2D eigenvalue weighted by Gasteiger charge is -2.31. The predicted octanol–water partition coefficient (Wildman–Crippen LogP) is 1.73. The molecule has 0 saturated carbocycles. The van der Waals surface area contributed by atoms with E-state index < -0.39 is 23.7 Å². The summed E-state index contributed by atoms with van der Waals surface area (Å²) in [5.74, 6) is -1.32. The molecule has 128 valence electrons. The van der Waals surface area contributed by atoms with Crippen molar-refractivity contribution in [3.05, 3.63) is 28.0 Å². The molecule has 0 aliphatic carbocycles. The lowest BCUT2D eigenvalue weighted by atomic mass is 10.1. The van der Waals surface area contributed by atoms with Crippen molar-refractivity contribution in [1.82, 2.24) is 19.2 Å². The Kier molecular flexibility index (Phi) is 4.67. The molecule has 0 N–H and O–H groups in total. The van der Waals surface area contributed by atoms with Crippen molar-refractivity contribution in [3.8, 4) is 0 Å². The highest BCUT2D eigenvalue weighted by Crippen LogP contribution is 2.28. The van der Waals surface area contributed by atoms with E-state index in [4.69, 9.17) is 0 Å². The number of carbonyl (C=O) groups excluding carboxylic acids is 1. The average molecular weight is 332 g/mol. The first kappa shape index (κ1) is 17.3. The van der Waals surface area contributed by atoms with Crippen molar-refractivity contribution in [2.75, 3.05) is 13.1 Å². The summed E-state index contributed by atoms with van der Waals surface area (Å²) in [7, 11) is 1.06. The SMILES string of the molecule is CC(C)=CC(=O)N1CCC(n2nc(C(F)(F)F)n(C)c2=O)CC1.